The van der Waals surface area contributed by atoms with Crippen LogP contribution in [0.5, 0.6) is 0 Å². The molecule has 1 fully saturated rings. The first-order chi connectivity index (χ1) is 6.59. The van der Waals surface area contributed by atoms with Gasteiger partial charge in [0.2, 0.25) is 5.91 Å². The lowest BCUT2D eigenvalue weighted by Gasteiger charge is -2.08. The number of nitrogens with one attached hydrogen (secondary N) is 1. The second-order valence-electron chi connectivity index (χ2n) is 3.23. The molecule has 1 rings (SSSR count). The van der Waals surface area contributed by atoms with Crippen LogP contribution in [0.25, 0.3) is 0 Å². The van der Waals surface area contributed by atoms with E-state index in [0.29, 0.717) is 5.25 Å². The smallest absolute Gasteiger partial charge is 0.304 e. The highest BCUT2D eigenvalue weighted by Crippen LogP contribution is 2.32. The Kier molecular flexibility index (Phi) is 4.60. The summed E-state index contributed by atoms with van der Waals surface area (Å²) in [4.78, 5) is 21.6. The van der Waals surface area contributed by atoms with Gasteiger partial charge in [0.15, 0.2) is 0 Å². The van der Waals surface area contributed by atoms with Gasteiger partial charge < -0.3 is 5.11 Å². The zero-order chi connectivity index (χ0) is 10.6. The number of carbonyl (C=O) groups excluding carboxylic acids is 1. The Morgan fingerprint density at radius 3 is 2.86 bits per heavy atom. The summed E-state index contributed by atoms with van der Waals surface area (Å²) >= 11 is 3.25. The van der Waals surface area contributed by atoms with Gasteiger partial charge in [-0.3, -0.25) is 14.3 Å². The first-order valence-electron chi connectivity index (χ1n) is 4.34. The summed E-state index contributed by atoms with van der Waals surface area (Å²) in [5.74, 6) is 0.509. The number of hydrogen-bond acceptors (Lipinski definition) is 4. The molecule has 0 bridgehead atoms. The molecule has 1 aliphatic rings. The zero-order valence-corrected chi connectivity index (χ0v) is 9.49. The van der Waals surface area contributed by atoms with E-state index in [1.54, 1.807) is 6.92 Å². The van der Waals surface area contributed by atoms with Gasteiger partial charge in [-0.25, -0.2) is 0 Å². The molecule has 1 heterocycles. The fourth-order valence-electron chi connectivity index (χ4n) is 0.825. The molecular weight excluding hydrogens is 222 g/mol. The minimum absolute atomic E-state index is 0.107. The molecule has 1 amide bonds. The van der Waals surface area contributed by atoms with Gasteiger partial charge in [-0.15, -0.1) is 0 Å². The average Bonchev–Trinajstić information content (AvgIpc) is 2.86. The number of thioether (sulfide) groups is 1. The van der Waals surface area contributed by atoms with Gasteiger partial charge in [0.1, 0.15) is 0 Å². The van der Waals surface area contributed by atoms with Crippen molar-refractivity contribution in [2.45, 2.75) is 18.6 Å². The molecule has 0 saturated carbocycles. The Hall–Kier alpha value is -0.360. The summed E-state index contributed by atoms with van der Waals surface area (Å²) in [6, 6.07) is 0. The molecule has 2 atom stereocenters. The van der Waals surface area contributed by atoms with Crippen molar-refractivity contribution in [1.82, 2.24) is 4.72 Å². The Morgan fingerprint density at radius 1 is 1.71 bits per heavy atom. The van der Waals surface area contributed by atoms with E-state index >= 15 is 0 Å². The normalized spacial score (nSPS) is 21.4. The molecule has 0 aromatic carbocycles. The average molecular weight is 235 g/mol. The standard InChI is InChI=1S/C8H13NO3S2/c1-5(2-7(10)11)8(12)9-14-4-6-3-13-6/h5-6H,2-4H2,1H3,(H,9,12)(H,10,11). The van der Waals surface area contributed by atoms with Crippen molar-refractivity contribution in [3.63, 3.8) is 0 Å². The van der Waals surface area contributed by atoms with Crippen LogP contribution >= 0.6 is 23.7 Å². The Labute approximate surface area is 91.3 Å². The predicted octanol–water partition coefficient (Wildman–Crippen LogP) is 0.977. The van der Waals surface area contributed by atoms with E-state index in [-0.39, 0.29) is 12.3 Å². The summed E-state index contributed by atoms with van der Waals surface area (Å²) in [6.07, 6.45) is -0.107. The van der Waals surface area contributed by atoms with E-state index in [4.69, 9.17) is 5.11 Å². The molecule has 0 aromatic heterocycles. The maximum Gasteiger partial charge on any atom is 0.304 e. The number of carboxylic acids is 1. The molecule has 2 unspecified atom stereocenters. The van der Waals surface area contributed by atoms with Crippen molar-refractivity contribution in [3.05, 3.63) is 0 Å². The summed E-state index contributed by atoms with van der Waals surface area (Å²) in [5.41, 5.74) is 0. The molecule has 0 radical (unpaired) electrons. The van der Waals surface area contributed by atoms with Crippen LogP contribution in [0.4, 0.5) is 0 Å². The van der Waals surface area contributed by atoms with Gasteiger partial charge in [0, 0.05) is 22.7 Å². The van der Waals surface area contributed by atoms with Gasteiger partial charge in [-0.1, -0.05) is 6.92 Å². The van der Waals surface area contributed by atoms with Crippen molar-refractivity contribution in [3.8, 4) is 0 Å². The molecule has 14 heavy (non-hydrogen) atoms. The lowest BCUT2D eigenvalue weighted by molar-refractivity contribution is -0.140. The highest BCUT2D eigenvalue weighted by atomic mass is 32.2. The second kappa shape index (κ2) is 5.50. The van der Waals surface area contributed by atoms with Crippen LogP contribution in [0.15, 0.2) is 0 Å². The summed E-state index contributed by atoms with van der Waals surface area (Å²) < 4.78 is 2.66. The molecule has 0 spiro atoms. The molecule has 4 nitrogen and oxygen atoms in total. The lowest BCUT2D eigenvalue weighted by atomic mass is 10.1. The minimum atomic E-state index is -0.935. The number of hydrogen-bond donors (Lipinski definition) is 2. The maximum absolute atomic E-state index is 11.3. The predicted molar refractivity (Wildman–Crippen MR) is 58.3 cm³/mol. The highest BCUT2D eigenvalue weighted by molar-refractivity contribution is 8.08. The van der Waals surface area contributed by atoms with Gasteiger partial charge in [0.05, 0.1) is 6.42 Å². The maximum atomic E-state index is 11.3. The Morgan fingerprint density at radius 2 is 2.36 bits per heavy atom. The number of aliphatic carboxylic acids is 1. The molecule has 1 aliphatic heterocycles. The first-order valence-corrected chi connectivity index (χ1v) is 6.38. The van der Waals surface area contributed by atoms with Crippen molar-refractivity contribution in [2.75, 3.05) is 11.5 Å². The van der Waals surface area contributed by atoms with Crippen LogP contribution < -0.4 is 4.72 Å². The second-order valence-corrected chi connectivity index (χ2v) is 5.39. The number of rotatable bonds is 6. The summed E-state index contributed by atoms with van der Waals surface area (Å²) in [5, 5.41) is 9.14. The van der Waals surface area contributed by atoms with E-state index in [1.165, 1.54) is 17.7 Å². The number of carbonyl (C=O) groups is 2. The van der Waals surface area contributed by atoms with Crippen LogP contribution in [0.1, 0.15) is 13.3 Å². The fraction of sp³-hybridized carbons (Fsp3) is 0.750. The van der Waals surface area contributed by atoms with E-state index in [9.17, 15) is 9.59 Å². The third-order valence-electron chi connectivity index (χ3n) is 1.77. The van der Waals surface area contributed by atoms with Crippen molar-refractivity contribution >= 4 is 35.6 Å². The summed E-state index contributed by atoms with van der Waals surface area (Å²) in [7, 11) is 0. The van der Waals surface area contributed by atoms with E-state index in [1.807, 2.05) is 11.8 Å². The van der Waals surface area contributed by atoms with Crippen LogP contribution in [-0.2, 0) is 9.59 Å². The minimum Gasteiger partial charge on any atom is -0.481 e. The van der Waals surface area contributed by atoms with Crippen LogP contribution in [0.3, 0.4) is 0 Å². The van der Waals surface area contributed by atoms with Gasteiger partial charge in [0.25, 0.3) is 0 Å². The van der Waals surface area contributed by atoms with Crippen LogP contribution in [-0.4, -0.2) is 33.7 Å². The van der Waals surface area contributed by atoms with Gasteiger partial charge in [-0.2, -0.15) is 11.8 Å². The third-order valence-corrected chi connectivity index (χ3v) is 3.87. The quantitative estimate of drug-likeness (QED) is 0.530. The van der Waals surface area contributed by atoms with Gasteiger partial charge >= 0.3 is 5.97 Å². The highest BCUT2D eigenvalue weighted by Gasteiger charge is 2.23. The zero-order valence-electron chi connectivity index (χ0n) is 7.86. The van der Waals surface area contributed by atoms with E-state index < -0.39 is 11.9 Å². The molecule has 6 heteroatoms. The molecule has 1 saturated heterocycles. The van der Waals surface area contributed by atoms with Crippen LogP contribution in [0.2, 0.25) is 0 Å². The monoisotopic (exact) mass is 235 g/mol. The molecule has 0 aliphatic carbocycles. The fourth-order valence-corrected chi connectivity index (χ4v) is 2.55. The number of amides is 1. The van der Waals surface area contributed by atoms with E-state index in [0.717, 1.165) is 5.75 Å². The molecule has 2 N–H and O–H groups in total. The van der Waals surface area contributed by atoms with Crippen molar-refractivity contribution < 1.29 is 14.7 Å². The largest absolute Gasteiger partial charge is 0.481 e. The van der Waals surface area contributed by atoms with Crippen molar-refractivity contribution in [2.24, 2.45) is 5.92 Å². The summed E-state index contributed by atoms with van der Waals surface area (Å²) in [6.45, 7) is 1.62. The first kappa shape index (κ1) is 11.7. The third kappa shape index (κ3) is 4.76. The molecule has 80 valence electrons. The van der Waals surface area contributed by atoms with Gasteiger partial charge in [-0.05, 0) is 11.9 Å². The molecular formula is C8H13NO3S2. The Bertz CT molecular complexity index is 231. The Balaban J connectivity index is 2.08. The lowest BCUT2D eigenvalue weighted by Crippen LogP contribution is -2.26. The van der Waals surface area contributed by atoms with E-state index in [2.05, 4.69) is 4.72 Å². The van der Waals surface area contributed by atoms with Crippen LogP contribution in [0, 0.1) is 5.92 Å². The number of carboxylic acid groups (broad SMARTS) is 1. The topological polar surface area (TPSA) is 66.4 Å². The van der Waals surface area contributed by atoms with Crippen molar-refractivity contribution in [1.29, 1.82) is 0 Å². The molecule has 0 aromatic rings. The SMILES string of the molecule is CC(CC(=O)O)C(=O)NSCC1CS1.